The number of likely N-dealkylation sites (N-methyl/N-ethyl adjacent to an activating group) is 2. The third kappa shape index (κ3) is 3.72. The number of nitrogens with zero attached hydrogens (tertiary/aromatic N) is 2. The van der Waals surface area contributed by atoms with Crippen molar-refractivity contribution in [1.29, 1.82) is 0 Å². The van der Waals surface area contributed by atoms with E-state index in [0.717, 1.165) is 12.5 Å². The van der Waals surface area contributed by atoms with Crippen LogP contribution < -0.4 is 5.32 Å². The van der Waals surface area contributed by atoms with Gasteiger partial charge in [-0.15, -0.1) is 0 Å². The summed E-state index contributed by atoms with van der Waals surface area (Å²) in [6.07, 6.45) is 0. The second kappa shape index (κ2) is 5.48. The lowest BCUT2D eigenvalue weighted by molar-refractivity contribution is 0.0758. The molecule has 0 aromatic carbocycles. The Hall–Kier alpha value is -0.120. The van der Waals surface area contributed by atoms with Crippen LogP contribution in [0.4, 0.5) is 0 Å². The average Bonchev–Trinajstić information content (AvgIpc) is 2.24. The summed E-state index contributed by atoms with van der Waals surface area (Å²) in [4.78, 5) is 5.14. The standard InChI is InChI=1S/C13H29N3/c1-11-8-15(6)10-12(7-14-5)16(9-11)13(2,3)4/h11-12,14H,7-10H2,1-6H3. The summed E-state index contributed by atoms with van der Waals surface area (Å²) in [5.41, 5.74) is 0.265. The van der Waals surface area contributed by atoms with Gasteiger partial charge >= 0.3 is 0 Å². The van der Waals surface area contributed by atoms with Crippen molar-refractivity contribution in [3.05, 3.63) is 0 Å². The van der Waals surface area contributed by atoms with Crippen LogP contribution in [-0.4, -0.2) is 61.7 Å². The molecule has 0 aromatic rings. The zero-order chi connectivity index (χ0) is 12.3. The molecular formula is C13H29N3. The van der Waals surface area contributed by atoms with E-state index in [4.69, 9.17) is 0 Å². The molecule has 3 nitrogen and oxygen atoms in total. The molecule has 0 bridgehead atoms. The Morgan fingerprint density at radius 1 is 1.19 bits per heavy atom. The van der Waals surface area contributed by atoms with Crippen LogP contribution in [0.1, 0.15) is 27.7 Å². The van der Waals surface area contributed by atoms with Crippen molar-refractivity contribution >= 4 is 0 Å². The Morgan fingerprint density at radius 3 is 2.31 bits per heavy atom. The van der Waals surface area contributed by atoms with E-state index in [0.29, 0.717) is 6.04 Å². The molecule has 3 heteroatoms. The molecule has 0 spiro atoms. The van der Waals surface area contributed by atoms with Crippen molar-refractivity contribution in [3.8, 4) is 0 Å². The van der Waals surface area contributed by atoms with Gasteiger partial charge in [-0.05, 0) is 40.8 Å². The molecule has 0 aromatic heterocycles. The highest BCUT2D eigenvalue weighted by Gasteiger charge is 2.32. The van der Waals surface area contributed by atoms with Gasteiger partial charge in [-0.25, -0.2) is 0 Å². The lowest BCUT2D eigenvalue weighted by Crippen LogP contribution is -2.54. The minimum Gasteiger partial charge on any atom is -0.318 e. The maximum absolute atomic E-state index is 3.33. The summed E-state index contributed by atoms with van der Waals surface area (Å²) in [7, 11) is 4.29. The Morgan fingerprint density at radius 2 is 1.81 bits per heavy atom. The van der Waals surface area contributed by atoms with Gasteiger partial charge in [0.1, 0.15) is 0 Å². The Labute approximate surface area is 101 Å². The molecule has 1 heterocycles. The third-order valence-electron chi connectivity index (χ3n) is 3.40. The van der Waals surface area contributed by atoms with Crippen molar-refractivity contribution in [3.63, 3.8) is 0 Å². The molecule has 1 N–H and O–H groups in total. The van der Waals surface area contributed by atoms with E-state index in [1.807, 2.05) is 0 Å². The molecule has 0 aliphatic carbocycles. The summed E-state index contributed by atoms with van der Waals surface area (Å²) in [6.45, 7) is 14.0. The molecule has 1 aliphatic rings. The zero-order valence-corrected chi connectivity index (χ0v) is 11.9. The first kappa shape index (κ1) is 13.9. The topological polar surface area (TPSA) is 18.5 Å². The molecule has 1 aliphatic heterocycles. The summed E-state index contributed by atoms with van der Waals surface area (Å²) in [5, 5.41) is 3.33. The van der Waals surface area contributed by atoms with Crippen LogP contribution in [0.3, 0.4) is 0 Å². The van der Waals surface area contributed by atoms with Crippen molar-refractivity contribution < 1.29 is 0 Å². The van der Waals surface area contributed by atoms with Crippen LogP contribution in [0.2, 0.25) is 0 Å². The third-order valence-corrected chi connectivity index (χ3v) is 3.40. The first-order valence-corrected chi connectivity index (χ1v) is 6.44. The second-order valence-corrected chi connectivity index (χ2v) is 6.36. The van der Waals surface area contributed by atoms with Crippen molar-refractivity contribution in [2.24, 2.45) is 5.92 Å². The van der Waals surface area contributed by atoms with Gasteiger partial charge in [0.25, 0.3) is 0 Å². The molecule has 1 rings (SSSR count). The minimum absolute atomic E-state index is 0.265. The summed E-state index contributed by atoms with van der Waals surface area (Å²) >= 11 is 0. The molecule has 16 heavy (non-hydrogen) atoms. The van der Waals surface area contributed by atoms with E-state index in [-0.39, 0.29) is 5.54 Å². The van der Waals surface area contributed by atoms with Crippen LogP contribution in [0, 0.1) is 5.92 Å². The number of hydrogen-bond donors (Lipinski definition) is 1. The fourth-order valence-corrected chi connectivity index (χ4v) is 2.84. The van der Waals surface area contributed by atoms with Crippen molar-refractivity contribution in [1.82, 2.24) is 15.1 Å². The van der Waals surface area contributed by atoms with Crippen LogP contribution in [0.5, 0.6) is 0 Å². The highest BCUT2D eigenvalue weighted by atomic mass is 15.3. The molecule has 2 atom stereocenters. The monoisotopic (exact) mass is 227 g/mol. The van der Waals surface area contributed by atoms with Gasteiger partial charge < -0.3 is 10.2 Å². The molecule has 96 valence electrons. The fraction of sp³-hybridized carbons (Fsp3) is 1.00. The first-order chi connectivity index (χ1) is 7.34. The van der Waals surface area contributed by atoms with E-state index in [2.05, 4.69) is 56.9 Å². The van der Waals surface area contributed by atoms with Crippen LogP contribution >= 0.6 is 0 Å². The minimum atomic E-state index is 0.265. The van der Waals surface area contributed by atoms with E-state index in [1.54, 1.807) is 0 Å². The maximum atomic E-state index is 3.33. The van der Waals surface area contributed by atoms with Crippen LogP contribution in [0.25, 0.3) is 0 Å². The molecule has 0 saturated carbocycles. The predicted octanol–water partition coefficient (Wildman–Crippen LogP) is 1.26. The number of hydrogen-bond acceptors (Lipinski definition) is 3. The molecule has 1 saturated heterocycles. The molecular weight excluding hydrogens is 198 g/mol. The fourth-order valence-electron chi connectivity index (χ4n) is 2.84. The lowest BCUT2D eigenvalue weighted by atomic mass is 10.0. The molecule has 2 unspecified atom stereocenters. The van der Waals surface area contributed by atoms with Gasteiger partial charge in [0.15, 0.2) is 0 Å². The highest BCUT2D eigenvalue weighted by molar-refractivity contribution is 4.89. The van der Waals surface area contributed by atoms with E-state index < -0.39 is 0 Å². The average molecular weight is 227 g/mol. The van der Waals surface area contributed by atoms with Gasteiger partial charge in [-0.3, -0.25) is 4.90 Å². The quantitative estimate of drug-likeness (QED) is 0.766. The SMILES string of the molecule is CNCC1CN(C)CC(C)CN1C(C)(C)C. The maximum Gasteiger partial charge on any atom is 0.0352 e. The second-order valence-electron chi connectivity index (χ2n) is 6.36. The molecule has 0 amide bonds. The summed E-state index contributed by atoms with van der Waals surface area (Å²) < 4.78 is 0. The predicted molar refractivity (Wildman–Crippen MR) is 70.8 cm³/mol. The van der Waals surface area contributed by atoms with E-state index in [1.165, 1.54) is 19.6 Å². The zero-order valence-electron chi connectivity index (χ0n) is 11.9. The molecule has 1 fully saturated rings. The van der Waals surface area contributed by atoms with Gasteiger partial charge in [-0.2, -0.15) is 0 Å². The smallest absolute Gasteiger partial charge is 0.0352 e. The van der Waals surface area contributed by atoms with Gasteiger partial charge in [0, 0.05) is 37.8 Å². The summed E-state index contributed by atoms with van der Waals surface area (Å²) in [5.74, 6) is 0.756. The van der Waals surface area contributed by atoms with E-state index in [9.17, 15) is 0 Å². The summed E-state index contributed by atoms with van der Waals surface area (Å²) in [6, 6.07) is 0.625. The Bertz CT molecular complexity index is 210. The lowest BCUT2D eigenvalue weighted by Gasteiger charge is -2.41. The normalized spacial score (nSPS) is 30.4. The largest absolute Gasteiger partial charge is 0.318 e. The van der Waals surface area contributed by atoms with Crippen LogP contribution in [-0.2, 0) is 0 Å². The van der Waals surface area contributed by atoms with Gasteiger partial charge in [0.2, 0.25) is 0 Å². The number of nitrogens with one attached hydrogen (secondary N) is 1. The van der Waals surface area contributed by atoms with Crippen molar-refractivity contribution in [2.45, 2.75) is 39.3 Å². The highest BCUT2D eigenvalue weighted by Crippen LogP contribution is 2.22. The van der Waals surface area contributed by atoms with Gasteiger partial charge in [-0.1, -0.05) is 6.92 Å². The Kier molecular flexibility index (Phi) is 4.77. The first-order valence-electron chi connectivity index (χ1n) is 6.44. The van der Waals surface area contributed by atoms with E-state index >= 15 is 0 Å². The molecule has 0 radical (unpaired) electrons. The van der Waals surface area contributed by atoms with Crippen molar-refractivity contribution in [2.75, 3.05) is 40.3 Å². The number of rotatable bonds is 2. The van der Waals surface area contributed by atoms with Gasteiger partial charge in [0.05, 0.1) is 0 Å². The Balaban J connectivity index is 2.81. The van der Waals surface area contributed by atoms with Crippen LogP contribution in [0.15, 0.2) is 0 Å².